The number of nitrogens with one attached hydrogen (secondary N) is 5. The van der Waals surface area contributed by atoms with Crippen LogP contribution in [0.15, 0.2) is 77.6 Å². The van der Waals surface area contributed by atoms with Gasteiger partial charge in [0.25, 0.3) is 27.8 Å². The highest BCUT2D eigenvalue weighted by Crippen LogP contribution is 2.57. The van der Waals surface area contributed by atoms with Crippen molar-refractivity contribution in [1.82, 2.24) is 97.2 Å². The Hall–Kier alpha value is -9.62. The standard InChI is InChI=1S/C60H76N24O42P6/c1-18-5-79(59(95)77-47(18)90)28-3-20(22(116-28)7-110-127(97,98)99)122-128(100,101)111-8-23-21(4-29(117-23)80-6-19(2)48(91)78-60(80)96)123-129(102,103)113-10-25-39(36(87)53(119-25)81-14-67-30-42(61)65-13-66-43(30)81)125-131(106,107)114-12-27-41(38(89)55(121-27)84-17-70-33-46(84)73-58(64)76-51(33)94)126-132(108,109)115-11-26-40(37(88)54(120-26)83-16-69-32-45(83)72-57(63)75-50(32)93)124-130(104,105)112-9-24-34(85)35(86)52(118-24)82-15-68-31-44(82)71-56(62)74-49(31)92/h5-6,13-17,20-29,34-41,52-55,85-89H,3-4,7-12H2,1-2H3,(H,100,101)(H,102,103)(H,104,105)(H,106,107)(H,108,109)(H2,61,65,66)(H,77,90,95)(H,78,91,96)(H2,97,98,99)(H3,62,71,74,92)(H3,63,72,75,93)(H3,64,73,76,94)/t20-,21-,22+,23+,24+,25+,26+,27+,28+,29+,34+,35+,36+,37+,38+,39+,40+,41+,52+,53+,54+,55+/m0/s1. The molecule has 0 aromatic carbocycles. The molecular formula is C60H76N24O42P6. The largest absolute Gasteiger partial charge is 0.472 e. The lowest BCUT2D eigenvalue weighted by molar-refractivity contribution is -0.0649. The number of nitrogens with two attached hydrogens (primary N) is 4. The number of nitrogens with zero attached hydrogens (tertiary/aromatic N) is 15. The normalized spacial score (nSPS) is 30.5. The van der Waals surface area contributed by atoms with Crippen LogP contribution in [0.1, 0.15) is 61.3 Å². The van der Waals surface area contributed by atoms with Crippen LogP contribution >= 0.6 is 46.9 Å². The van der Waals surface area contributed by atoms with Crippen LogP contribution in [0.25, 0.3) is 44.7 Å². The molecule has 27 atom stereocenters. The Labute approximate surface area is 727 Å². The maximum Gasteiger partial charge on any atom is 0.472 e. The summed E-state index contributed by atoms with van der Waals surface area (Å²) in [4.78, 5) is 213. The van der Waals surface area contributed by atoms with Crippen molar-refractivity contribution < 1.29 is 165 Å². The summed E-state index contributed by atoms with van der Waals surface area (Å²) in [5, 5.41) is 58.6. The van der Waals surface area contributed by atoms with Crippen molar-refractivity contribution >= 4 is 115 Å². The number of aromatic amines is 5. The smallest absolute Gasteiger partial charge is 0.387 e. The van der Waals surface area contributed by atoms with E-state index in [1.807, 2.05) is 9.97 Å². The first kappa shape index (κ1) is 95.5. The number of imidazole rings is 4. The van der Waals surface area contributed by atoms with Crippen molar-refractivity contribution in [1.29, 1.82) is 0 Å². The molecule has 0 bridgehead atoms. The van der Waals surface area contributed by atoms with E-state index in [1.165, 1.54) is 13.8 Å². The zero-order valence-electron chi connectivity index (χ0n) is 66.7. The lowest BCUT2D eigenvalue weighted by Gasteiger charge is -2.27. The lowest BCUT2D eigenvalue weighted by atomic mass is 10.1. The lowest BCUT2D eigenvalue weighted by Crippen LogP contribution is -2.38. The molecule has 132 heavy (non-hydrogen) atoms. The number of anilines is 4. The minimum absolute atomic E-state index is 0.0211. The highest BCUT2D eigenvalue weighted by Gasteiger charge is 2.57. The third-order valence-corrected chi connectivity index (χ3v) is 26.6. The van der Waals surface area contributed by atoms with Gasteiger partial charge < -0.3 is 111 Å². The molecule has 16 rings (SSSR count). The molecule has 0 spiro atoms. The summed E-state index contributed by atoms with van der Waals surface area (Å²) in [5.41, 5.74) is 14.3. The number of rotatable bonds is 34. The van der Waals surface area contributed by atoms with Crippen LogP contribution < -0.4 is 62.1 Å². The number of fused-ring (bicyclic) bond motifs is 4. The molecule has 0 radical (unpaired) electrons. The number of aliphatic hydroxyl groups is 5. The number of nitrogen functional groups attached to an aromatic ring is 4. The Morgan fingerprint density at radius 2 is 0.674 bits per heavy atom. The maximum atomic E-state index is 14.7. The predicted molar refractivity (Wildman–Crippen MR) is 424 cm³/mol. The Morgan fingerprint density at radius 1 is 0.364 bits per heavy atom. The number of aromatic nitrogens is 20. The molecular weight excluding hydrogens is 1910 g/mol. The van der Waals surface area contributed by atoms with Crippen LogP contribution in [0.4, 0.5) is 23.7 Å². The average molecular weight is 1990 g/mol. The molecule has 10 aromatic heterocycles. The van der Waals surface area contributed by atoms with Crippen LogP contribution in [-0.4, -0.2) is 294 Å². The van der Waals surface area contributed by atoms with Crippen LogP contribution in [0.3, 0.4) is 0 Å². The summed E-state index contributed by atoms with van der Waals surface area (Å²) < 4.78 is 183. The molecule has 6 aliphatic heterocycles. The van der Waals surface area contributed by atoms with E-state index in [1.54, 1.807) is 0 Å². The van der Waals surface area contributed by atoms with Crippen molar-refractivity contribution in [3.8, 4) is 0 Å². The van der Waals surface area contributed by atoms with Crippen molar-refractivity contribution in [2.24, 2.45) is 0 Å². The van der Waals surface area contributed by atoms with Gasteiger partial charge in [0.05, 0.1) is 65.0 Å². The summed E-state index contributed by atoms with van der Waals surface area (Å²) in [6, 6.07) is 0. The quantitative estimate of drug-likeness (QED) is 0.0167. The Kier molecular flexibility index (Phi) is 26.5. The first-order chi connectivity index (χ1) is 62.1. The van der Waals surface area contributed by atoms with E-state index in [-0.39, 0.29) is 45.2 Å². The fraction of sp³-hybridized carbons (Fsp3) is 0.533. The van der Waals surface area contributed by atoms with Gasteiger partial charge in [0.1, 0.15) is 122 Å². The molecule has 0 amide bonds. The number of phosphoric ester groups is 6. The molecule has 10 aromatic rings. The van der Waals surface area contributed by atoms with Gasteiger partial charge in [-0.2, -0.15) is 15.0 Å². The predicted octanol–water partition coefficient (Wildman–Crippen LogP) is -7.14. The molecule has 0 aliphatic carbocycles. The fourth-order valence-electron chi connectivity index (χ4n) is 15.0. The van der Waals surface area contributed by atoms with Crippen molar-refractivity contribution in [2.75, 3.05) is 62.6 Å². The molecule has 72 heteroatoms. The molecule has 16 heterocycles. The number of H-pyrrole nitrogens is 5. The summed E-state index contributed by atoms with van der Waals surface area (Å²) in [6.45, 7) is -5.02. The summed E-state index contributed by atoms with van der Waals surface area (Å²) >= 11 is 0. The third kappa shape index (κ3) is 19.9. The minimum Gasteiger partial charge on any atom is -0.387 e. The summed E-state index contributed by atoms with van der Waals surface area (Å²) in [6.07, 6.45) is -38.3. The van der Waals surface area contributed by atoms with Gasteiger partial charge in [-0.25, -0.2) is 66.9 Å². The summed E-state index contributed by atoms with van der Waals surface area (Å²) in [5.74, 6) is -1.66. The average Bonchev–Trinajstić information content (AvgIpc) is 1.62. The van der Waals surface area contributed by atoms with E-state index in [4.69, 9.17) is 96.6 Å². The van der Waals surface area contributed by atoms with Gasteiger partial charge in [-0.15, -0.1) is 0 Å². The molecule has 25 N–H and O–H groups in total. The van der Waals surface area contributed by atoms with Gasteiger partial charge in [0.2, 0.25) is 17.8 Å². The van der Waals surface area contributed by atoms with E-state index in [9.17, 15) is 121 Å². The number of hydrogen-bond acceptors (Lipinski definition) is 48. The van der Waals surface area contributed by atoms with Crippen LogP contribution in [-0.2, 0) is 106 Å². The Morgan fingerprint density at radius 3 is 1.04 bits per heavy atom. The zero-order chi connectivity index (χ0) is 94.8. The second kappa shape index (κ2) is 36.5. The Balaban J connectivity index is 0.635. The number of hydrogen-bond donors (Lipinski definition) is 21. The molecule has 6 saturated heterocycles. The van der Waals surface area contributed by atoms with E-state index in [2.05, 4.69) is 64.3 Å². The maximum absolute atomic E-state index is 14.7. The summed E-state index contributed by atoms with van der Waals surface area (Å²) in [7, 11) is -34.4. The van der Waals surface area contributed by atoms with Gasteiger partial charge in [-0.1, -0.05) is 0 Å². The van der Waals surface area contributed by atoms with Gasteiger partial charge in [-0.3, -0.25) is 126 Å². The zero-order valence-corrected chi connectivity index (χ0v) is 72.1. The SMILES string of the molecule is Cc1cn([C@H]2C[C@H](OP(=O)(O)OC[C@H]3O[C@@H](n4cc(C)c(=O)[nH]c4=O)C[C@@H]3OP(=O)(O)OC[C@H]3O[C@@H](n4cnc5c(N)ncnc54)[C@H](O)[C@@H]3OP(=O)(O)OC[C@H]3O[C@@H](n4cnc5c(=O)[nH]c(N)nc54)[C@H](O)[C@@H]3OP(=O)(O)OC[C@H]3O[C@@H](n4cnc5c(=O)[nH]c(N)nc54)[C@H](O)[C@@H]3OP(=O)(O)OC[C@H]3O[C@@H](n4cnc5c(=O)[nH]c(N)nc54)[C@H](O)[C@@H]3O)[C@@H](COP(=O)(O)O)O2)c(=O)[nH]c1=O. The van der Waals surface area contributed by atoms with Gasteiger partial charge in [-0.05, 0) is 13.8 Å². The van der Waals surface area contributed by atoms with Crippen LogP contribution in [0, 0.1) is 13.8 Å². The van der Waals surface area contributed by atoms with Crippen molar-refractivity contribution in [3.63, 3.8) is 0 Å². The third-order valence-electron chi connectivity index (χ3n) is 21.1. The monoisotopic (exact) mass is 1990 g/mol. The Bertz CT molecular complexity index is 6860. The molecule has 6 aliphatic rings. The van der Waals surface area contributed by atoms with Gasteiger partial charge in [0.15, 0.2) is 69.9 Å². The number of aliphatic hydroxyl groups excluding tert-OH is 5. The van der Waals surface area contributed by atoms with E-state index in [0.717, 1.165) is 71.4 Å². The second-order valence-corrected chi connectivity index (χ2v) is 38.2. The van der Waals surface area contributed by atoms with Crippen LogP contribution in [0.5, 0.6) is 0 Å². The first-order valence-electron chi connectivity index (χ1n) is 38.1. The highest BCUT2D eigenvalue weighted by molar-refractivity contribution is 7.48. The van der Waals surface area contributed by atoms with E-state index >= 15 is 0 Å². The fourth-order valence-corrected chi connectivity index (χ4v) is 20.2. The molecule has 6 fully saturated rings. The number of phosphoric acid groups is 6. The van der Waals surface area contributed by atoms with E-state index in [0.29, 0.717) is 0 Å². The molecule has 66 nitrogen and oxygen atoms in total. The topological polar surface area (TPSA) is 950 Å². The molecule has 5 unspecified atom stereocenters. The van der Waals surface area contributed by atoms with Crippen LogP contribution in [0.2, 0.25) is 0 Å². The van der Waals surface area contributed by atoms with Crippen molar-refractivity contribution in [3.05, 3.63) is 128 Å². The minimum atomic E-state index is -6.02. The van der Waals surface area contributed by atoms with Gasteiger partial charge in [0, 0.05) is 36.4 Å². The number of aryl methyl sites for hydroxylation is 2. The van der Waals surface area contributed by atoms with Crippen molar-refractivity contribution in [2.45, 2.75) is 162 Å². The van der Waals surface area contributed by atoms with Gasteiger partial charge >= 0.3 is 58.3 Å². The number of ether oxygens (including phenoxy) is 6. The highest BCUT2D eigenvalue weighted by atomic mass is 31.2. The molecule has 0 saturated carbocycles. The van der Waals surface area contributed by atoms with E-state index < -0.39 is 308 Å². The molecule has 718 valence electrons. The first-order valence-corrected chi connectivity index (χ1v) is 47.1. The second-order valence-electron chi connectivity index (χ2n) is 29.9.